The monoisotopic (exact) mass is 295 g/mol. The standard InChI is InChI=1S/C16H18ClN.ClH/c17-16-8-6-15(7-9-16)11-13-18-12-10-14-4-2-1-3-5-14;/h1-9,18H,10-13H2;1H. The van der Waals surface area contributed by atoms with Crippen LogP contribution in [0.1, 0.15) is 11.1 Å². The summed E-state index contributed by atoms with van der Waals surface area (Å²) in [6, 6.07) is 18.6. The molecule has 2 aromatic carbocycles. The van der Waals surface area contributed by atoms with E-state index in [4.69, 9.17) is 11.6 Å². The van der Waals surface area contributed by atoms with Crippen LogP contribution in [0.15, 0.2) is 54.6 Å². The van der Waals surface area contributed by atoms with E-state index in [0.29, 0.717) is 0 Å². The first-order valence-corrected chi connectivity index (χ1v) is 6.71. The molecule has 2 rings (SSSR count). The summed E-state index contributed by atoms with van der Waals surface area (Å²) in [5.74, 6) is 0. The summed E-state index contributed by atoms with van der Waals surface area (Å²) in [4.78, 5) is 0. The summed E-state index contributed by atoms with van der Waals surface area (Å²) in [6.07, 6.45) is 2.13. The molecule has 0 saturated heterocycles. The summed E-state index contributed by atoms with van der Waals surface area (Å²) >= 11 is 5.85. The molecule has 0 bridgehead atoms. The highest BCUT2D eigenvalue weighted by atomic mass is 35.5. The zero-order valence-electron chi connectivity index (χ0n) is 10.8. The normalized spacial score (nSPS) is 9.95. The maximum atomic E-state index is 5.85. The molecule has 0 unspecified atom stereocenters. The zero-order valence-corrected chi connectivity index (χ0v) is 12.4. The van der Waals surface area contributed by atoms with Gasteiger partial charge in [0.2, 0.25) is 0 Å². The van der Waals surface area contributed by atoms with Crippen molar-refractivity contribution in [3.8, 4) is 0 Å². The Kier molecular flexibility index (Phi) is 7.57. The fourth-order valence-electron chi connectivity index (χ4n) is 1.89. The first-order chi connectivity index (χ1) is 8.84. The molecular weight excluding hydrogens is 277 g/mol. The van der Waals surface area contributed by atoms with Crippen LogP contribution in [0.2, 0.25) is 5.02 Å². The lowest BCUT2D eigenvalue weighted by atomic mass is 10.1. The Morgan fingerprint density at radius 3 is 1.84 bits per heavy atom. The molecule has 1 nitrogen and oxygen atoms in total. The second kappa shape index (κ2) is 8.98. The number of nitrogens with one attached hydrogen (secondary N) is 1. The molecule has 0 fully saturated rings. The first-order valence-electron chi connectivity index (χ1n) is 6.34. The van der Waals surface area contributed by atoms with E-state index in [-0.39, 0.29) is 12.4 Å². The lowest BCUT2D eigenvalue weighted by Gasteiger charge is -2.05. The maximum Gasteiger partial charge on any atom is 0.0406 e. The molecule has 0 radical (unpaired) electrons. The van der Waals surface area contributed by atoms with Gasteiger partial charge in [0, 0.05) is 5.02 Å². The SMILES string of the molecule is Cl.Clc1ccc(CCNCCc2ccccc2)cc1. The third-order valence-electron chi connectivity index (χ3n) is 2.94. The van der Waals surface area contributed by atoms with Gasteiger partial charge in [-0.3, -0.25) is 0 Å². The molecule has 0 atom stereocenters. The highest BCUT2D eigenvalue weighted by molar-refractivity contribution is 6.30. The van der Waals surface area contributed by atoms with Crippen molar-refractivity contribution in [1.82, 2.24) is 5.32 Å². The van der Waals surface area contributed by atoms with Gasteiger partial charge in [-0.25, -0.2) is 0 Å². The number of benzene rings is 2. The molecule has 0 aliphatic carbocycles. The molecule has 19 heavy (non-hydrogen) atoms. The van der Waals surface area contributed by atoms with Crippen LogP contribution in [0.25, 0.3) is 0 Å². The molecule has 0 amide bonds. The minimum atomic E-state index is 0. The summed E-state index contributed by atoms with van der Waals surface area (Å²) in [7, 11) is 0. The molecule has 0 heterocycles. The Balaban J connectivity index is 0.00000180. The number of hydrogen-bond donors (Lipinski definition) is 1. The Morgan fingerprint density at radius 1 is 0.737 bits per heavy atom. The summed E-state index contributed by atoms with van der Waals surface area (Å²) < 4.78 is 0. The Morgan fingerprint density at radius 2 is 1.26 bits per heavy atom. The third-order valence-corrected chi connectivity index (χ3v) is 3.19. The third kappa shape index (κ3) is 6.11. The summed E-state index contributed by atoms with van der Waals surface area (Å²) in [6.45, 7) is 2.03. The Hall–Kier alpha value is -1.02. The van der Waals surface area contributed by atoms with Crippen LogP contribution in [0.3, 0.4) is 0 Å². The van der Waals surface area contributed by atoms with Crippen LogP contribution in [0.5, 0.6) is 0 Å². The van der Waals surface area contributed by atoms with Crippen molar-refractivity contribution in [3.63, 3.8) is 0 Å². The predicted octanol–water partition coefficient (Wildman–Crippen LogP) is 4.14. The molecular formula is C16H19Cl2N. The van der Waals surface area contributed by atoms with Gasteiger partial charge in [0.1, 0.15) is 0 Å². The highest BCUT2D eigenvalue weighted by Crippen LogP contribution is 2.09. The van der Waals surface area contributed by atoms with Crippen LogP contribution in [0.4, 0.5) is 0 Å². The van der Waals surface area contributed by atoms with Gasteiger partial charge in [0.25, 0.3) is 0 Å². The van der Waals surface area contributed by atoms with Gasteiger partial charge < -0.3 is 5.32 Å². The lowest BCUT2D eigenvalue weighted by Crippen LogP contribution is -2.20. The van der Waals surface area contributed by atoms with Crippen LogP contribution in [-0.2, 0) is 12.8 Å². The minimum Gasteiger partial charge on any atom is -0.316 e. The molecule has 1 N–H and O–H groups in total. The zero-order chi connectivity index (χ0) is 12.6. The van der Waals surface area contributed by atoms with Gasteiger partial charge >= 0.3 is 0 Å². The van der Waals surface area contributed by atoms with Crippen molar-refractivity contribution < 1.29 is 0 Å². The predicted molar refractivity (Wildman–Crippen MR) is 85.4 cm³/mol. The fourth-order valence-corrected chi connectivity index (χ4v) is 2.01. The van der Waals surface area contributed by atoms with E-state index < -0.39 is 0 Å². The van der Waals surface area contributed by atoms with Gasteiger partial charge in [0.15, 0.2) is 0 Å². The molecule has 0 spiro atoms. The highest BCUT2D eigenvalue weighted by Gasteiger charge is 1.94. The van der Waals surface area contributed by atoms with Gasteiger partial charge in [-0.1, -0.05) is 54.1 Å². The second-order valence-electron chi connectivity index (χ2n) is 4.36. The average Bonchev–Trinajstić information content (AvgIpc) is 2.42. The van der Waals surface area contributed by atoms with Gasteiger partial charge in [0.05, 0.1) is 0 Å². The Labute approximate surface area is 126 Å². The first kappa shape index (κ1) is 16.0. The van der Waals surface area contributed by atoms with Crippen molar-refractivity contribution >= 4 is 24.0 Å². The van der Waals surface area contributed by atoms with Crippen molar-refractivity contribution in [1.29, 1.82) is 0 Å². The van der Waals surface area contributed by atoms with E-state index in [1.54, 1.807) is 0 Å². The number of halogens is 2. The van der Waals surface area contributed by atoms with Crippen molar-refractivity contribution in [2.24, 2.45) is 0 Å². The topological polar surface area (TPSA) is 12.0 Å². The van der Waals surface area contributed by atoms with E-state index in [2.05, 4.69) is 47.8 Å². The van der Waals surface area contributed by atoms with Crippen LogP contribution in [-0.4, -0.2) is 13.1 Å². The summed E-state index contributed by atoms with van der Waals surface area (Å²) in [5, 5.41) is 4.27. The summed E-state index contributed by atoms with van der Waals surface area (Å²) in [5.41, 5.74) is 2.71. The molecule has 0 aliphatic heterocycles. The van der Waals surface area contributed by atoms with E-state index in [0.717, 1.165) is 31.0 Å². The minimum absolute atomic E-state index is 0. The lowest BCUT2D eigenvalue weighted by molar-refractivity contribution is 0.682. The molecule has 0 saturated carbocycles. The van der Waals surface area contributed by atoms with Crippen LogP contribution < -0.4 is 5.32 Å². The van der Waals surface area contributed by atoms with Crippen molar-refractivity contribution in [2.45, 2.75) is 12.8 Å². The van der Waals surface area contributed by atoms with Crippen LogP contribution >= 0.6 is 24.0 Å². The molecule has 3 heteroatoms. The van der Waals surface area contributed by atoms with Gasteiger partial charge in [-0.2, -0.15) is 0 Å². The van der Waals surface area contributed by atoms with E-state index >= 15 is 0 Å². The molecule has 102 valence electrons. The molecule has 0 aliphatic rings. The molecule has 2 aromatic rings. The van der Waals surface area contributed by atoms with Crippen molar-refractivity contribution in [2.75, 3.05) is 13.1 Å². The maximum absolute atomic E-state index is 5.85. The number of rotatable bonds is 6. The Bertz CT molecular complexity index is 454. The fraction of sp³-hybridized carbons (Fsp3) is 0.250. The van der Waals surface area contributed by atoms with E-state index in [1.807, 2.05) is 12.1 Å². The number of hydrogen-bond acceptors (Lipinski definition) is 1. The average molecular weight is 296 g/mol. The largest absolute Gasteiger partial charge is 0.316 e. The van der Waals surface area contributed by atoms with Gasteiger partial charge in [-0.05, 0) is 49.2 Å². The van der Waals surface area contributed by atoms with E-state index in [9.17, 15) is 0 Å². The van der Waals surface area contributed by atoms with Crippen molar-refractivity contribution in [3.05, 3.63) is 70.7 Å². The van der Waals surface area contributed by atoms with E-state index in [1.165, 1.54) is 11.1 Å². The van der Waals surface area contributed by atoms with Crippen LogP contribution in [0, 0.1) is 0 Å². The molecule has 0 aromatic heterocycles. The van der Waals surface area contributed by atoms with Gasteiger partial charge in [-0.15, -0.1) is 12.4 Å². The smallest absolute Gasteiger partial charge is 0.0406 e. The second-order valence-corrected chi connectivity index (χ2v) is 4.80. The quantitative estimate of drug-likeness (QED) is 0.790.